The van der Waals surface area contributed by atoms with E-state index in [4.69, 9.17) is 4.74 Å². The average molecular weight is 396 g/mol. The maximum atomic E-state index is 12.9. The van der Waals surface area contributed by atoms with Gasteiger partial charge in [0.2, 0.25) is 0 Å². The van der Waals surface area contributed by atoms with E-state index in [0.29, 0.717) is 41.5 Å². The van der Waals surface area contributed by atoms with Crippen molar-refractivity contribution in [2.24, 2.45) is 5.92 Å². The number of H-pyrrole nitrogens is 1. The van der Waals surface area contributed by atoms with Crippen LogP contribution in [0.15, 0.2) is 24.7 Å². The Labute approximate surface area is 170 Å². The van der Waals surface area contributed by atoms with Crippen LogP contribution < -0.4 is 10.1 Å². The number of likely N-dealkylation sites (tertiary alicyclic amines) is 1. The molecule has 2 aromatic rings. The average Bonchev–Trinajstić information content (AvgIpc) is 3.33. The second-order valence-electron chi connectivity index (χ2n) is 7.87. The van der Waals surface area contributed by atoms with Crippen molar-refractivity contribution in [3.05, 3.63) is 41.5 Å². The summed E-state index contributed by atoms with van der Waals surface area (Å²) in [7, 11) is 0. The van der Waals surface area contributed by atoms with E-state index in [1.807, 2.05) is 0 Å². The standard InChI is InChI=1S/C22H28N4O3/c1-2-26-10-8-15(13-26)14-29-20-7-9-23-12-18(20)25-22(28)16-11-24-17-5-3-4-6-19(27)21(16)17/h7,9,11-12,15,24H,2-6,8,10,13-14H2,1H3,(H,25,28). The van der Waals surface area contributed by atoms with Crippen LogP contribution in [-0.2, 0) is 6.42 Å². The van der Waals surface area contributed by atoms with Crippen molar-refractivity contribution in [2.75, 3.05) is 31.6 Å². The predicted molar refractivity (Wildman–Crippen MR) is 111 cm³/mol. The van der Waals surface area contributed by atoms with E-state index in [0.717, 1.165) is 51.0 Å². The van der Waals surface area contributed by atoms with Gasteiger partial charge in [-0.15, -0.1) is 0 Å². The minimum absolute atomic E-state index is 0.0354. The van der Waals surface area contributed by atoms with Crippen molar-refractivity contribution < 1.29 is 14.3 Å². The summed E-state index contributed by atoms with van der Waals surface area (Å²) in [5.41, 5.74) is 2.33. The number of hydrogen-bond donors (Lipinski definition) is 2. The maximum absolute atomic E-state index is 12.9. The van der Waals surface area contributed by atoms with Gasteiger partial charge in [0.05, 0.1) is 23.9 Å². The highest BCUT2D eigenvalue weighted by Gasteiger charge is 2.26. The molecule has 3 heterocycles. The third-order valence-corrected chi connectivity index (χ3v) is 5.89. The number of aromatic amines is 1. The fourth-order valence-electron chi connectivity index (χ4n) is 4.21. The summed E-state index contributed by atoms with van der Waals surface area (Å²) in [5.74, 6) is 0.822. The number of anilines is 1. The summed E-state index contributed by atoms with van der Waals surface area (Å²) in [4.78, 5) is 35.1. The molecule has 0 spiro atoms. The van der Waals surface area contributed by atoms with Crippen LogP contribution in [0.3, 0.4) is 0 Å². The fraction of sp³-hybridized carbons (Fsp3) is 0.500. The maximum Gasteiger partial charge on any atom is 0.258 e. The van der Waals surface area contributed by atoms with Gasteiger partial charge in [0.25, 0.3) is 5.91 Å². The minimum atomic E-state index is -0.311. The lowest BCUT2D eigenvalue weighted by molar-refractivity contribution is 0.0964. The molecule has 1 amide bonds. The topological polar surface area (TPSA) is 87.3 Å². The molecule has 2 aliphatic rings. The van der Waals surface area contributed by atoms with Crippen LogP contribution in [0.25, 0.3) is 0 Å². The van der Waals surface area contributed by atoms with Gasteiger partial charge >= 0.3 is 0 Å². The molecule has 1 aliphatic heterocycles. The Morgan fingerprint density at radius 3 is 3.07 bits per heavy atom. The van der Waals surface area contributed by atoms with E-state index in [1.165, 1.54) is 0 Å². The summed E-state index contributed by atoms with van der Waals surface area (Å²) in [6, 6.07) is 1.77. The van der Waals surface area contributed by atoms with Crippen molar-refractivity contribution in [3.8, 4) is 5.75 Å². The number of hydrogen-bond acceptors (Lipinski definition) is 5. The lowest BCUT2D eigenvalue weighted by atomic mass is 10.0. The van der Waals surface area contributed by atoms with Crippen LogP contribution in [0.5, 0.6) is 5.75 Å². The molecule has 0 saturated carbocycles. The quantitative estimate of drug-likeness (QED) is 0.732. The van der Waals surface area contributed by atoms with E-state index in [1.54, 1.807) is 24.7 Å². The number of nitrogens with zero attached hydrogens (tertiary/aromatic N) is 2. The second kappa shape index (κ2) is 8.78. The normalized spacial score (nSPS) is 19.6. The molecular weight excluding hydrogens is 368 g/mol. The number of nitrogens with one attached hydrogen (secondary N) is 2. The molecule has 0 bridgehead atoms. The summed E-state index contributed by atoms with van der Waals surface area (Å²) in [6.07, 6.45) is 9.11. The van der Waals surface area contributed by atoms with E-state index in [2.05, 4.69) is 27.1 Å². The number of aryl methyl sites for hydroxylation is 1. The van der Waals surface area contributed by atoms with Crippen molar-refractivity contribution >= 4 is 17.4 Å². The molecule has 29 heavy (non-hydrogen) atoms. The van der Waals surface area contributed by atoms with Gasteiger partial charge in [-0.3, -0.25) is 14.6 Å². The Bertz CT molecular complexity index is 892. The molecule has 7 nitrogen and oxygen atoms in total. The molecule has 154 valence electrons. The SMILES string of the molecule is CCN1CCC(COc2ccncc2NC(=O)c2c[nH]c3c2C(=O)CCCC3)C1. The number of ketones is 1. The molecule has 2 N–H and O–H groups in total. The molecule has 1 aliphatic carbocycles. The predicted octanol–water partition coefficient (Wildman–Crippen LogP) is 3.29. The van der Waals surface area contributed by atoms with E-state index < -0.39 is 0 Å². The number of rotatable bonds is 6. The van der Waals surface area contributed by atoms with Crippen LogP contribution in [0.2, 0.25) is 0 Å². The van der Waals surface area contributed by atoms with Gasteiger partial charge in [0.15, 0.2) is 5.78 Å². The highest BCUT2D eigenvalue weighted by Crippen LogP contribution is 2.28. The van der Waals surface area contributed by atoms with Crippen LogP contribution in [0.4, 0.5) is 5.69 Å². The van der Waals surface area contributed by atoms with Gasteiger partial charge in [-0.1, -0.05) is 6.92 Å². The molecular formula is C22H28N4O3. The molecule has 1 saturated heterocycles. The van der Waals surface area contributed by atoms with Gasteiger partial charge in [-0.2, -0.15) is 0 Å². The summed E-state index contributed by atoms with van der Waals surface area (Å²) < 4.78 is 6.03. The molecule has 2 aromatic heterocycles. The highest BCUT2D eigenvalue weighted by molar-refractivity contribution is 6.13. The first-order valence-corrected chi connectivity index (χ1v) is 10.5. The highest BCUT2D eigenvalue weighted by atomic mass is 16.5. The molecule has 1 unspecified atom stereocenters. The largest absolute Gasteiger partial charge is 0.491 e. The van der Waals surface area contributed by atoms with Crippen molar-refractivity contribution in [1.29, 1.82) is 0 Å². The van der Waals surface area contributed by atoms with Gasteiger partial charge in [0, 0.05) is 43.0 Å². The van der Waals surface area contributed by atoms with E-state index in [-0.39, 0.29) is 11.7 Å². The number of aromatic nitrogens is 2. The molecule has 4 rings (SSSR count). The number of Topliss-reactive ketones (excluding diaryl/α,β-unsaturated/α-hetero) is 1. The van der Waals surface area contributed by atoms with Crippen molar-refractivity contribution in [2.45, 2.75) is 39.0 Å². The van der Waals surface area contributed by atoms with Crippen LogP contribution in [-0.4, -0.2) is 52.8 Å². The summed E-state index contributed by atoms with van der Waals surface area (Å²) in [5, 5.41) is 2.89. The van der Waals surface area contributed by atoms with Gasteiger partial charge in [-0.25, -0.2) is 0 Å². The Morgan fingerprint density at radius 1 is 1.38 bits per heavy atom. The molecule has 1 fully saturated rings. The number of carbonyl (C=O) groups is 2. The molecule has 1 atom stereocenters. The number of amides is 1. The first-order valence-electron chi connectivity index (χ1n) is 10.5. The zero-order chi connectivity index (χ0) is 20.2. The van der Waals surface area contributed by atoms with Gasteiger partial charge in [0.1, 0.15) is 11.4 Å². The number of fused-ring (bicyclic) bond motifs is 1. The zero-order valence-electron chi connectivity index (χ0n) is 16.9. The van der Waals surface area contributed by atoms with Gasteiger partial charge in [-0.05, 0) is 38.8 Å². The summed E-state index contributed by atoms with van der Waals surface area (Å²) >= 11 is 0. The fourth-order valence-corrected chi connectivity index (χ4v) is 4.21. The lowest BCUT2D eigenvalue weighted by Gasteiger charge is -2.16. The van der Waals surface area contributed by atoms with Crippen molar-refractivity contribution in [3.63, 3.8) is 0 Å². The van der Waals surface area contributed by atoms with Crippen LogP contribution >= 0.6 is 0 Å². The minimum Gasteiger partial charge on any atom is -0.491 e. The second-order valence-corrected chi connectivity index (χ2v) is 7.87. The van der Waals surface area contributed by atoms with Crippen molar-refractivity contribution in [1.82, 2.24) is 14.9 Å². The monoisotopic (exact) mass is 396 g/mol. The van der Waals surface area contributed by atoms with Crippen LogP contribution in [0, 0.1) is 5.92 Å². The Balaban J connectivity index is 1.46. The summed E-state index contributed by atoms with van der Waals surface area (Å²) in [6.45, 7) is 6.00. The van der Waals surface area contributed by atoms with E-state index >= 15 is 0 Å². The zero-order valence-corrected chi connectivity index (χ0v) is 16.9. The number of ether oxygens (including phenoxy) is 1. The third-order valence-electron chi connectivity index (χ3n) is 5.89. The smallest absolute Gasteiger partial charge is 0.258 e. The van der Waals surface area contributed by atoms with Gasteiger partial charge < -0.3 is 19.9 Å². The Hall–Kier alpha value is -2.67. The first-order chi connectivity index (χ1) is 14.2. The number of pyridine rings is 1. The molecule has 7 heteroatoms. The van der Waals surface area contributed by atoms with E-state index in [9.17, 15) is 9.59 Å². The molecule has 0 aromatic carbocycles. The Morgan fingerprint density at radius 2 is 2.24 bits per heavy atom. The lowest BCUT2D eigenvalue weighted by Crippen LogP contribution is -2.22. The van der Waals surface area contributed by atoms with Crippen LogP contribution in [0.1, 0.15) is 59.0 Å². The first kappa shape index (κ1) is 19.6. The Kier molecular flexibility index (Phi) is 5.94. The number of carbonyl (C=O) groups excluding carboxylic acids is 2. The molecule has 0 radical (unpaired) electrons. The third kappa shape index (κ3) is 4.34.